The molecule has 24 heavy (non-hydrogen) atoms. The Morgan fingerprint density at radius 2 is 2.04 bits per heavy atom. The number of nitrogens with one attached hydrogen (secondary N) is 1. The van der Waals surface area contributed by atoms with E-state index >= 15 is 0 Å². The van der Waals surface area contributed by atoms with Crippen molar-refractivity contribution in [3.05, 3.63) is 16.0 Å². The molecule has 134 valence electrons. The summed E-state index contributed by atoms with van der Waals surface area (Å²) in [5.41, 5.74) is 7.52. The Morgan fingerprint density at radius 1 is 1.38 bits per heavy atom. The quantitative estimate of drug-likeness (QED) is 0.799. The van der Waals surface area contributed by atoms with Gasteiger partial charge in [0.15, 0.2) is 0 Å². The number of carbonyl (C=O) groups excluding carboxylic acids is 2. The SMILES string of the molecule is CCC(C)(C)[C@@H]1CCc2c(sc(NC(=O)CC(C)C)c2C(N)=O)C1. The zero-order valence-corrected chi connectivity index (χ0v) is 16.3. The number of primary amides is 1. The molecule has 0 spiro atoms. The number of hydrogen-bond donors (Lipinski definition) is 2. The predicted octanol–water partition coefficient (Wildman–Crippen LogP) is 4.37. The molecule has 1 aliphatic carbocycles. The third-order valence-corrected chi connectivity index (χ3v) is 6.54. The summed E-state index contributed by atoms with van der Waals surface area (Å²) < 4.78 is 0. The lowest BCUT2D eigenvalue weighted by Gasteiger charge is -2.36. The van der Waals surface area contributed by atoms with E-state index in [1.165, 1.54) is 4.88 Å². The Hall–Kier alpha value is -1.36. The number of fused-ring (bicyclic) bond motifs is 1. The van der Waals surface area contributed by atoms with Crippen molar-refractivity contribution in [2.75, 3.05) is 5.32 Å². The van der Waals surface area contributed by atoms with Crippen LogP contribution in [0.5, 0.6) is 0 Å². The van der Waals surface area contributed by atoms with Gasteiger partial charge in [0.2, 0.25) is 5.91 Å². The first-order chi connectivity index (χ1) is 11.2. The summed E-state index contributed by atoms with van der Waals surface area (Å²) in [6.45, 7) is 10.9. The monoisotopic (exact) mass is 350 g/mol. The highest BCUT2D eigenvalue weighted by atomic mass is 32.1. The fraction of sp³-hybridized carbons (Fsp3) is 0.684. The topological polar surface area (TPSA) is 72.2 Å². The van der Waals surface area contributed by atoms with E-state index in [1.54, 1.807) is 11.3 Å². The van der Waals surface area contributed by atoms with E-state index in [0.29, 0.717) is 22.9 Å². The van der Waals surface area contributed by atoms with Crippen molar-refractivity contribution >= 4 is 28.2 Å². The van der Waals surface area contributed by atoms with Crippen molar-refractivity contribution < 1.29 is 9.59 Å². The first kappa shape index (κ1) is 19.0. The second-order valence-corrected chi connectivity index (χ2v) is 9.11. The molecule has 1 atom stereocenters. The van der Waals surface area contributed by atoms with Gasteiger partial charge >= 0.3 is 0 Å². The average molecular weight is 351 g/mol. The number of thiophene rings is 1. The van der Waals surface area contributed by atoms with Gasteiger partial charge in [-0.2, -0.15) is 0 Å². The maximum Gasteiger partial charge on any atom is 0.251 e. The minimum absolute atomic E-state index is 0.0449. The second-order valence-electron chi connectivity index (χ2n) is 8.00. The first-order valence-electron chi connectivity index (χ1n) is 8.89. The number of carbonyl (C=O) groups is 2. The molecule has 4 nitrogen and oxygen atoms in total. The summed E-state index contributed by atoms with van der Waals surface area (Å²) in [7, 11) is 0. The fourth-order valence-electron chi connectivity index (χ4n) is 3.44. The van der Waals surface area contributed by atoms with E-state index < -0.39 is 5.91 Å². The molecular formula is C19H30N2O2S. The van der Waals surface area contributed by atoms with Crippen LogP contribution in [0.4, 0.5) is 5.00 Å². The van der Waals surface area contributed by atoms with Gasteiger partial charge in [0.1, 0.15) is 5.00 Å². The number of hydrogen-bond acceptors (Lipinski definition) is 3. The summed E-state index contributed by atoms with van der Waals surface area (Å²) in [5.74, 6) is 0.414. The molecule has 0 unspecified atom stereocenters. The summed E-state index contributed by atoms with van der Waals surface area (Å²) in [6.07, 6.45) is 4.51. The van der Waals surface area contributed by atoms with Crippen LogP contribution in [0.25, 0.3) is 0 Å². The largest absolute Gasteiger partial charge is 0.365 e. The standard InChI is InChI=1S/C19H30N2O2S/c1-6-19(4,5)12-7-8-13-14(10-12)24-18(16(13)17(20)23)21-15(22)9-11(2)3/h11-12H,6-10H2,1-5H3,(H2,20,23)(H,21,22)/t12-/m1/s1. The van der Waals surface area contributed by atoms with Crippen LogP contribution in [0.15, 0.2) is 0 Å². The highest BCUT2D eigenvalue weighted by molar-refractivity contribution is 7.17. The van der Waals surface area contributed by atoms with E-state index in [1.807, 2.05) is 13.8 Å². The molecule has 0 saturated carbocycles. The third-order valence-electron chi connectivity index (χ3n) is 5.37. The maximum atomic E-state index is 12.1. The predicted molar refractivity (Wildman–Crippen MR) is 101 cm³/mol. The van der Waals surface area contributed by atoms with Crippen LogP contribution >= 0.6 is 11.3 Å². The van der Waals surface area contributed by atoms with Gasteiger partial charge in [-0.1, -0.05) is 41.0 Å². The van der Waals surface area contributed by atoms with E-state index in [-0.39, 0.29) is 17.2 Å². The third kappa shape index (κ3) is 4.00. The highest BCUT2D eigenvalue weighted by Gasteiger charge is 2.34. The Morgan fingerprint density at radius 3 is 2.58 bits per heavy atom. The van der Waals surface area contributed by atoms with Gasteiger partial charge in [-0.3, -0.25) is 9.59 Å². The normalized spacial score (nSPS) is 17.7. The van der Waals surface area contributed by atoms with Crippen LogP contribution in [-0.2, 0) is 17.6 Å². The molecule has 1 heterocycles. The van der Waals surface area contributed by atoms with Crippen LogP contribution in [0, 0.1) is 17.3 Å². The number of nitrogens with two attached hydrogens (primary N) is 1. The molecule has 2 amide bonds. The fourth-order valence-corrected chi connectivity index (χ4v) is 4.79. The van der Waals surface area contributed by atoms with Crippen molar-refractivity contribution in [1.29, 1.82) is 0 Å². The van der Waals surface area contributed by atoms with E-state index in [4.69, 9.17) is 5.73 Å². The average Bonchev–Trinajstić information content (AvgIpc) is 2.82. The van der Waals surface area contributed by atoms with Crippen molar-refractivity contribution in [3.63, 3.8) is 0 Å². The van der Waals surface area contributed by atoms with E-state index in [2.05, 4.69) is 26.1 Å². The maximum absolute atomic E-state index is 12.1. The van der Waals surface area contributed by atoms with Crippen LogP contribution < -0.4 is 11.1 Å². The molecular weight excluding hydrogens is 320 g/mol. The van der Waals surface area contributed by atoms with Crippen molar-refractivity contribution in [3.8, 4) is 0 Å². The Labute approximate surface area is 149 Å². The van der Waals surface area contributed by atoms with Gasteiger partial charge < -0.3 is 11.1 Å². The molecule has 0 saturated heterocycles. The van der Waals surface area contributed by atoms with Gasteiger partial charge in [-0.05, 0) is 42.1 Å². The molecule has 0 aliphatic heterocycles. The molecule has 1 aliphatic rings. The molecule has 0 radical (unpaired) electrons. The van der Waals surface area contributed by atoms with Crippen LogP contribution in [0.2, 0.25) is 0 Å². The molecule has 3 N–H and O–H groups in total. The van der Waals surface area contributed by atoms with Gasteiger partial charge in [0, 0.05) is 11.3 Å². The van der Waals surface area contributed by atoms with E-state index in [9.17, 15) is 9.59 Å². The zero-order valence-electron chi connectivity index (χ0n) is 15.5. The second kappa shape index (κ2) is 7.26. The van der Waals surface area contributed by atoms with Crippen molar-refractivity contribution in [2.45, 2.75) is 66.7 Å². The molecule has 0 bridgehead atoms. The smallest absolute Gasteiger partial charge is 0.251 e. The lowest BCUT2D eigenvalue weighted by Crippen LogP contribution is -2.29. The van der Waals surface area contributed by atoms with Crippen LogP contribution in [0.1, 0.15) is 74.7 Å². The summed E-state index contributed by atoms with van der Waals surface area (Å²) >= 11 is 1.54. The summed E-state index contributed by atoms with van der Waals surface area (Å²) in [4.78, 5) is 25.3. The van der Waals surface area contributed by atoms with Crippen molar-refractivity contribution in [2.24, 2.45) is 23.0 Å². The first-order valence-corrected chi connectivity index (χ1v) is 9.71. The van der Waals surface area contributed by atoms with Gasteiger partial charge in [0.05, 0.1) is 5.56 Å². The van der Waals surface area contributed by atoms with Gasteiger partial charge in [-0.15, -0.1) is 11.3 Å². The molecule has 1 aromatic rings. The van der Waals surface area contributed by atoms with Gasteiger partial charge in [0.25, 0.3) is 5.91 Å². The Bertz CT molecular complexity index is 632. The molecule has 0 aromatic carbocycles. The minimum Gasteiger partial charge on any atom is -0.365 e. The lowest BCUT2D eigenvalue weighted by molar-refractivity contribution is -0.116. The molecule has 5 heteroatoms. The van der Waals surface area contributed by atoms with E-state index in [0.717, 1.165) is 31.2 Å². The number of anilines is 1. The minimum atomic E-state index is -0.430. The van der Waals surface area contributed by atoms with Crippen LogP contribution in [0.3, 0.4) is 0 Å². The molecule has 1 aromatic heterocycles. The molecule has 2 rings (SSSR count). The lowest BCUT2D eigenvalue weighted by atomic mass is 9.69. The van der Waals surface area contributed by atoms with Crippen LogP contribution in [-0.4, -0.2) is 11.8 Å². The summed E-state index contributed by atoms with van der Waals surface area (Å²) in [5, 5.41) is 3.57. The zero-order chi connectivity index (χ0) is 18.1. The Kier molecular flexibility index (Phi) is 5.74. The number of rotatable bonds is 6. The van der Waals surface area contributed by atoms with Crippen molar-refractivity contribution in [1.82, 2.24) is 0 Å². The Balaban J connectivity index is 2.29. The number of amides is 2. The summed E-state index contributed by atoms with van der Waals surface area (Å²) in [6, 6.07) is 0. The highest BCUT2D eigenvalue weighted by Crippen LogP contribution is 2.45. The van der Waals surface area contributed by atoms with Gasteiger partial charge in [-0.25, -0.2) is 0 Å². The molecule has 0 fully saturated rings.